The number of H-pyrrole nitrogens is 1. The number of likely N-dealkylation sites (N-methyl/N-ethyl adjacent to an activating group) is 1. The summed E-state index contributed by atoms with van der Waals surface area (Å²) in [5, 5.41) is 7.11. The van der Waals surface area contributed by atoms with Crippen molar-refractivity contribution in [3.8, 4) is 17.1 Å². The number of nitrogens with zero attached hydrogens (tertiary/aromatic N) is 4. The van der Waals surface area contributed by atoms with Crippen molar-refractivity contribution < 1.29 is 9.53 Å². The average molecular weight is 412 g/mol. The zero-order valence-electron chi connectivity index (χ0n) is 17.3. The van der Waals surface area contributed by atoms with Gasteiger partial charge in [0.15, 0.2) is 10.6 Å². The normalized spacial score (nSPS) is 10.8. The maximum absolute atomic E-state index is 12.9. The van der Waals surface area contributed by atoms with E-state index in [9.17, 15) is 4.79 Å². The first kappa shape index (κ1) is 20.7. The molecule has 152 valence electrons. The van der Waals surface area contributed by atoms with Gasteiger partial charge in [-0.25, -0.2) is 0 Å². The molecule has 1 aromatic carbocycles. The third-order valence-corrected chi connectivity index (χ3v) is 5.20. The number of amides is 1. The maximum atomic E-state index is 12.9. The summed E-state index contributed by atoms with van der Waals surface area (Å²) in [6, 6.07) is 7.94. The summed E-state index contributed by atoms with van der Waals surface area (Å²) < 4.78 is 7.59. The Bertz CT molecular complexity index is 1100. The van der Waals surface area contributed by atoms with Gasteiger partial charge < -0.3 is 9.64 Å². The number of hydrogen-bond donors (Lipinski definition) is 1. The molecule has 0 radical (unpaired) electrons. The molecule has 0 unspecified atom stereocenters. The van der Waals surface area contributed by atoms with Crippen LogP contribution in [0.1, 0.15) is 22.4 Å². The van der Waals surface area contributed by atoms with Gasteiger partial charge in [0, 0.05) is 29.9 Å². The molecule has 3 rings (SSSR count). The molecule has 1 N–H and O–H groups in total. The van der Waals surface area contributed by atoms with Gasteiger partial charge in [-0.05, 0) is 39.1 Å². The molecular formula is C21H25N5O2S. The van der Waals surface area contributed by atoms with E-state index < -0.39 is 0 Å². The first-order chi connectivity index (χ1) is 13.8. The van der Waals surface area contributed by atoms with Crippen molar-refractivity contribution in [3.05, 3.63) is 57.6 Å². The predicted molar refractivity (Wildman–Crippen MR) is 114 cm³/mol. The van der Waals surface area contributed by atoms with Crippen LogP contribution in [-0.2, 0) is 17.9 Å². The van der Waals surface area contributed by atoms with Crippen LogP contribution in [0.3, 0.4) is 0 Å². The summed E-state index contributed by atoms with van der Waals surface area (Å²) in [4.78, 5) is 19.0. The lowest BCUT2D eigenvalue weighted by atomic mass is 10.1. The van der Waals surface area contributed by atoms with E-state index in [2.05, 4.69) is 15.2 Å². The molecule has 0 saturated carbocycles. The molecule has 29 heavy (non-hydrogen) atoms. The molecule has 0 atom stereocenters. The lowest BCUT2D eigenvalue weighted by Gasteiger charge is -2.20. The maximum Gasteiger partial charge on any atom is 0.242 e. The Balaban J connectivity index is 1.81. The van der Waals surface area contributed by atoms with Crippen molar-refractivity contribution in [1.82, 2.24) is 24.6 Å². The van der Waals surface area contributed by atoms with Gasteiger partial charge in [0.2, 0.25) is 5.91 Å². The van der Waals surface area contributed by atoms with Crippen molar-refractivity contribution in [3.63, 3.8) is 0 Å². The minimum Gasteiger partial charge on any atom is -0.496 e. The number of carbonyl (C=O) groups excluding carboxylic acids is 1. The van der Waals surface area contributed by atoms with Crippen LogP contribution in [0.4, 0.5) is 0 Å². The second kappa shape index (κ2) is 8.57. The number of aromatic nitrogens is 4. The minimum atomic E-state index is -0.0860. The van der Waals surface area contributed by atoms with Crippen LogP contribution < -0.4 is 4.74 Å². The highest BCUT2D eigenvalue weighted by atomic mass is 32.1. The van der Waals surface area contributed by atoms with Crippen molar-refractivity contribution in [2.75, 3.05) is 14.2 Å². The van der Waals surface area contributed by atoms with E-state index in [4.69, 9.17) is 17.0 Å². The van der Waals surface area contributed by atoms with Gasteiger partial charge in [0.1, 0.15) is 12.3 Å². The fraction of sp³-hybridized carbons (Fsp3) is 0.333. The van der Waals surface area contributed by atoms with Crippen LogP contribution in [0.25, 0.3) is 11.4 Å². The zero-order chi connectivity index (χ0) is 21.1. The molecule has 2 heterocycles. The van der Waals surface area contributed by atoms with Crippen LogP contribution in [0.2, 0.25) is 0 Å². The van der Waals surface area contributed by atoms with E-state index in [0.717, 1.165) is 33.7 Å². The molecule has 3 aromatic rings. The Labute approximate surface area is 175 Å². The molecular weight excluding hydrogens is 386 g/mol. The quantitative estimate of drug-likeness (QED) is 0.627. The predicted octanol–water partition coefficient (Wildman–Crippen LogP) is 3.60. The highest BCUT2D eigenvalue weighted by molar-refractivity contribution is 7.71. The van der Waals surface area contributed by atoms with Crippen molar-refractivity contribution in [2.24, 2.45) is 0 Å². The van der Waals surface area contributed by atoms with Crippen LogP contribution in [0.5, 0.6) is 5.75 Å². The van der Waals surface area contributed by atoms with Crippen molar-refractivity contribution >= 4 is 18.1 Å². The van der Waals surface area contributed by atoms with E-state index in [1.807, 2.05) is 45.0 Å². The van der Waals surface area contributed by atoms with E-state index in [0.29, 0.717) is 17.1 Å². The molecule has 0 aliphatic carbocycles. The minimum absolute atomic E-state index is 0.0860. The molecule has 0 saturated heterocycles. The third-order valence-electron chi connectivity index (χ3n) is 4.89. The Morgan fingerprint density at radius 3 is 2.76 bits per heavy atom. The Morgan fingerprint density at radius 1 is 1.31 bits per heavy atom. The number of hydrogen-bond acceptors (Lipinski definition) is 5. The molecule has 0 aliphatic rings. The van der Waals surface area contributed by atoms with Crippen LogP contribution in [-0.4, -0.2) is 44.7 Å². The second-order valence-electron chi connectivity index (χ2n) is 7.10. The van der Waals surface area contributed by atoms with Gasteiger partial charge in [0.25, 0.3) is 0 Å². The number of nitrogens with one attached hydrogen (secondary N) is 1. The van der Waals surface area contributed by atoms with Gasteiger partial charge in [0.05, 0.1) is 19.3 Å². The lowest BCUT2D eigenvalue weighted by molar-refractivity contribution is -0.131. The van der Waals surface area contributed by atoms with Gasteiger partial charge in [-0.1, -0.05) is 23.8 Å². The van der Waals surface area contributed by atoms with Crippen LogP contribution in [0, 0.1) is 25.5 Å². The summed E-state index contributed by atoms with van der Waals surface area (Å²) in [5.74, 6) is 1.36. The summed E-state index contributed by atoms with van der Waals surface area (Å²) >= 11 is 5.35. The molecule has 0 aliphatic heterocycles. The number of aryl methyl sites for hydroxylation is 2. The van der Waals surface area contributed by atoms with Gasteiger partial charge in [-0.3, -0.25) is 19.4 Å². The number of carbonyl (C=O) groups is 1. The number of ether oxygens (including phenoxy) is 1. The van der Waals surface area contributed by atoms with E-state index in [-0.39, 0.29) is 12.5 Å². The highest BCUT2D eigenvalue weighted by Crippen LogP contribution is 2.25. The number of rotatable bonds is 6. The van der Waals surface area contributed by atoms with Gasteiger partial charge in [-0.2, -0.15) is 5.10 Å². The molecule has 1 amide bonds. The monoisotopic (exact) mass is 411 g/mol. The molecule has 0 fully saturated rings. The molecule has 8 heteroatoms. The number of benzene rings is 1. The van der Waals surface area contributed by atoms with Crippen LogP contribution >= 0.6 is 12.2 Å². The number of pyridine rings is 1. The first-order valence-electron chi connectivity index (χ1n) is 9.27. The smallest absolute Gasteiger partial charge is 0.242 e. The first-order valence-corrected chi connectivity index (χ1v) is 9.68. The molecule has 2 aromatic heterocycles. The summed E-state index contributed by atoms with van der Waals surface area (Å²) in [6.45, 7) is 6.39. The van der Waals surface area contributed by atoms with Crippen molar-refractivity contribution in [1.29, 1.82) is 0 Å². The average Bonchev–Trinajstić information content (AvgIpc) is 3.05. The fourth-order valence-corrected chi connectivity index (χ4v) is 3.46. The zero-order valence-corrected chi connectivity index (χ0v) is 18.1. The topological polar surface area (TPSA) is 76.0 Å². The lowest BCUT2D eigenvalue weighted by Crippen LogP contribution is -2.30. The molecule has 0 bridgehead atoms. The van der Waals surface area contributed by atoms with E-state index in [1.165, 1.54) is 0 Å². The largest absolute Gasteiger partial charge is 0.496 e. The molecule has 0 spiro atoms. The third kappa shape index (κ3) is 4.37. The fourth-order valence-electron chi connectivity index (χ4n) is 3.27. The Kier molecular flexibility index (Phi) is 6.12. The second-order valence-corrected chi connectivity index (χ2v) is 7.49. The summed E-state index contributed by atoms with van der Waals surface area (Å²) in [6.07, 6.45) is 1.77. The Morgan fingerprint density at radius 2 is 2.07 bits per heavy atom. The number of aromatic amines is 1. The summed E-state index contributed by atoms with van der Waals surface area (Å²) in [7, 11) is 3.40. The standard InChI is InChI=1S/C21H25N5O2S/c1-13-7-6-8-16(9-13)20-23-24-21(29)26(20)12-18(27)25(4)11-17-15(3)19(28-5)14(2)10-22-17/h6-10H,11-12H2,1-5H3,(H,24,29). The van der Waals surface area contributed by atoms with Crippen LogP contribution in [0.15, 0.2) is 30.5 Å². The molecule has 7 nitrogen and oxygen atoms in total. The van der Waals surface area contributed by atoms with E-state index >= 15 is 0 Å². The summed E-state index contributed by atoms with van der Waals surface area (Å²) in [5.41, 5.74) is 4.73. The van der Waals surface area contributed by atoms with Crippen molar-refractivity contribution in [2.45, 2.75) is 33.9 Å². The van der Waals surface area contributed by atoms with Gasteiger partial charge >= 0.3 is 0 Å². The Hall–Kier alpha value is -3.00. The van der Waals surface area contributed by atoms with Gasteiger partial charge in [-0.15, -0.1) is 0 Å². The van der Waals surface area contributed by atoms with E-state index in [1.54, 1.807) is 29.8 Å². The number of methoxy groups -OCH3 is 1. The highest BCUT2D eigenvalue weighted by Gasteiger charge is 2.18. The SMILES string of the molecule is COc1c(C)cnc(CN(C)C(=O)Cn2c(-c3cccc(C)c3)n[nH]c2=S)c1C.